The highest BCUT2D eigenvalue weighted by molar-refractivity contribution is 5.76. The van der Waals surface area contributed by atoms with Crippen LogP contribution in [0.25, 0.3) is 11.3 Å². The second-order valence-electron chi connectivity index (χ2n) is 9.31. The molecule has 2 amide bonds. The van der Waals surface area contributed by atoms with E-state index in [1.807, 2.05) is 38.1 Å². The van der Waals surface area contributed by atoms with Crippen LogP contribution < -0.4 is 10.6 Å². The first-order valence-electron chi connectivity index (χ1n) is 11.9. The predicted octanol–water partition coefficient (Wildman–Crippen LogP) is 3.82. The number of amides is 2. The number of nitrogens with one attached hydrogen (secondary N) is 2. The summed E-state index contributed by atoms with van der Waals surface area (Å²) in [5, 5.41) is 10.6. The van der Waals surface area contributed by atoms with E-state index in [1.165, 1.54) is 11.1 Å². The van der Waals surface area contributed by atoms with Gasteiger partial charge in [0, 0.05) is 25.0 Å². The van der Waals surface area contributed by atoms with Gasteiger partial charge in [-0.05, 0) is 56.4 Å². The number of ether oxygens (including phenoxy) is 1. The van der Waals surface area contributed by atoms with Crippen molar-refractivity contribution in [2.75, 3.05) is 18.4 Å². The topological polar surface area (TPSA) is 97.2 Å². The highest BCUT2D eigenvalue weighted by Gasteiger charge is 2.33. The SMILES string of the molecule is CC(C)OC1CN(C(=O)NC2CCCc3cc(-c4ccnc(Nc5cnn(C)c5)n4)ccc32)C1. The van der Waals surface area contributed by atoms with Crippen molar-refractivity contribution < 1.29 is 9.53 Å². The lowest BCUT2D eigenvalue weighted by Gasteiger charge is -2.40. The van der Waals surface area contributed by atoms with E-state index in [0.717, 1.165) is 36.2 Å². The van der Waals surface area contributed by atoms with Crippen molar-refractivity contribution in [1.82, 2.24) is 30.0 Å². The molecule has 1 aromatic carbocycles. The molecule has 3 aromatic rings. The van der Waals surface area contributed by atoms with Crippen LogP contribution in [0.15, 0.2) is 42.9 Å². The van der Waals surface area contributed by atoms with Crippen LogP contribution in [0.4, 0.5) is 16.4 Å². The van der Waals surface area contributed by atoms with E-state index in [1.54, 1.807) is 17.1 Å². The van der Waals surface area contributed by atoms with Crippen molar-refractivity contribution in [2.45, 2.75) is 51.4 Å². The maximum Gasteiger partial charge on any atom is 0.318 e. The zero-order valence-corrected chi connectivity index (χ0v) is 19.9. The normalized spacial score (nSPS) is 17.9. The third kappa shape index (κ3) is 4.89. The summed E-state index contributed by atoms with van der Waals surface area (Å²) in [6.45, 7) is 5.36. The largest absolute Gasteiger partial charge is 0.372 e. The molecule has 0 radical (unpaired) electrons. The van der Waals surface area contributed by atoms with Crippen LogP contribution in [0.5, 0.6) is 0 Å². The Morgan fingerprint density at radius 3 is 2.85 bits per heavy atom. The Kier molecular flexibility index (Phi) is 6.19. The van der Waals surface area contributed by atoms with Crippen LogP contribution in [0.1, 0.15) is 43.9 Å². The average molecular weight is 462 g/mol. The number of rotatable bonds is 6. The first-order valence-corrected chi connectivity index (χ1v) is 11.9. The fourth-order valence-corrected chi connectivity index (χ4v) is 4.63. The summed E-state index contributed by atoms with van der Waals surface area (Å²) in [6, 6.07) is 8.34. The molecule has 2 aliphatic rings. The van der Waals surface area contributed by atoms with Gasteiger partial charge in [0.05, 0.1) is 48.9 Å². The Labute approximate surface area is 199 Å². The smallest absolute Gasteiger partial charge is 0.318 e. The van der Waals surface area contributed by atoms with Crippen LogP contribution in [0.2, 0.25) is 0 Å². The Morgan fingerprint density at radius 2 is 2.09 bits per heavy atom. The monoisotopic (exact) mass is 461 g/mol. The van der Waals surface area contributed by atoms with Gasteiger partial charge in [0.15, 0.2) is 0 Å². The molecule has 1 aliphatic heterocycles. The molecule has 0 spiro atoms. The van der Waals surface area contributed by atoms with Crippen molar-refractivity contribution >= 4 is 17.7 Å². The molecule has 9 nitrogen and oxygen atoms in total. The van der Waals surface area contributed by atoms with Crippen molar-refractivity contribution in [3.63, 3.8) is 0 Å². The molecule has 3 heterocycles. The molecule has 1 fully saturated rings. The van der Waals surface area contributed by atoms with Crippen molar-refractivity contribution in [2.24, 2.45) is 7.05 Å². The third-order valence-corrected chi connectivity index (χ3v) is 6.27. The van der Waals surface area contributed by atoms with Gasteiger partial charge < -0.3 is 20.3 Å². The van der Waals surface area contributed by atoms with E-state index in [2.05, 4.69) is 43.9 Å². The number of fused-ring (bicyclic) bond motifs is 1. The predicted molar refractivity (Wildman–Crippen MR) is 130 cm³/mol. The molecule has 2 aromatic heterocycles. The molecule has 178 valence electrons. The number of likely N-dealkylation sites (tertiary alicyclic amines) is 1. The lowest BCUT2D eigenvalue weighted by Crippen LogP contribution is -2.58. The number of anilines is 2. The number of carbonyl (C=O) groups excluding carboxylic acids is 1. The van der Waals surface area contributed by atoms with E-state index in [-0.39, 0.29) is 24.3 Å². The number of benzene rings is 1. The molecule has 34 heavy (non-hydrogen) atoms. The Hall–Kier alpha value is -3.46. The molecule has 1 atom stereocenters. The number of hydrogen-bond acceptors (Lipinski definition) is 6. The molecule has 0 saturated carbocycles. The summed E-state index contributed by atoms with van der Waals surface area (Å²) < 4.78 is 7.50. The maximum atomic E-state index is 12.7. The molecular formula is C25H31N7O2. The Morgan fingerprint density at radius 1 is 1.24 bits per heavy atom. The zero-order valence-electron chi connectivity index (χ0n) is 19.9. The maximum absolute atomic E-state index is 12.7. The van der Waals surface area contributed by atoms with E-state index in [9.17, 15) is 4.79 Å². The van der Waals surface area contributed by atoms with Gasteiger partial charge in [-0.25, -0.2) is 14.8 Å². The number of nitrogens with zero attached hydrogens (tertiary/aromatic N) is 5. The van der Waals surface area contributed by atoms with E-state index >= 15 is 0 Å². The average Bonchev–Trinajstić information content (AvgIpc) is 3.20. The van der Waals surface area contributed by atoms with Gasteiger partial charge in [-0.1, -0.05) is 12.1 Å². The number of urea groups is 1. The van der Waals surface area contributed by atoms with Crippen LogP contribution in [0, 0.1) is 0 Å². The molecule has 5 rings (SSSR count). The van der Waals surface area contributed by atoms with Gasteiger partial charge in [-0.2, -0.15) is 5.10 Å². The van der Waals surface area contributed by atoms with Crippen LogP contribution in [-0.2, 0) is 18.2 Å². The van der Waals surface area contributed by atoms with E-state index in [4.69, 9.17) is 4.74 Å². The van der Waals surface area contributed by atoms with Gasteiger partial charge >= 0.3 is 6.03 Å². The number of carbonyl (C=O) groups is 1. The summed E-state index contributed by atoms with van der Waals surface area (Å²) in [4.78, 5) is 23.6. The highest BCUT2D eigenvalue weighted by Crippen LogP contribution is 2.33. The minimum Gasteiger partial charge on any atom is -0.372 e. The number of aryl methyl sites for hydroxylation is 2. The molecule has 1 unspecified atom stereocenters. The quantitative estimate of drug-likeness (QED) is 0.579. The van der Waals surface area contributed by atoms with Gasteiger partial charge in [-0.15, -0.1) is 0 Å². The van der Waals surface area contributed by atoms with Crippen molar-refractivity contribution in [3.05, 3.63) is 54.0 Å². The van der Waals surface area contributed by atoms with Gasteiger partial charge in [0.2, 0.25) is 5.95 Å². The van der Waals surface area contributed by atoms with Crippen molar-refractivity contribution in [1.29, 1.82) is 0 Å². The third-order valence-electron chi connectivity index (χ3n) is 6.27. The molecule has 2 N–H and O–H groups in total. The van der Waals surface area contributed by atoms with E-state index in [0.29, 0.717) is 19.0 Å². The van der Waals surface area contributed by atoms with Crippen LogP contribution >= 0.6 is 0 Å². The van der Waals surface area contributed by atoms with Crippen LogP contribution in [0.3, 0.4) is 0 Å². The van der Waals surface area contributed by atoms with Crippen molar-refractivity contribution in [3.8, 4) is 11.3 Å². The second kappa shape index (κ2) is 9.42. The Bertz CT molecular complexity index is 1170. The molecule has 0 bridgehead atoms. The lowest BCUT2D eigenvalue weighted by atomic mass is 9.86. The molecule has 1 aliphatic carbocycles. The standard InChI is InChI=1S/C25H31N7O2/c1-16(2)34-20-14-32(15-20)25(33)30-23-6-4-5-17-11-18(7-8-21(17)23)22-9-10-26-24(29-22)28-19-12-27-31(3)13-19/h7-13,16,20,23H,4-6,14-15H2,1-3H3,(H,30,33)(H,26,28,29). The van der Waals surface area contributed by atoms with Crippen LogP contribution in [-0.4, -0.2) is 56.0 Å². The fourth-order valence-electron chi connectivity index (χ4n) is 4.63. The molecule has 9 heteroatoms. The fraction of sp³-hybridized carbons (Fsp3) is 0.440. The first kappa shape index (κ1) is 22.3. The van der Waals surface area contributed by atoms with Gasteiger partial charge in [0.1, 0.15) is 0 Å². The summed E-state index contributed by atoms with van der Waals surface area (Å²) >= 11 is 0. The van der Waals surface area contributed by atoms with E-state index < -0.39 is 0 Å². The first-order chi connectivity index (χ1) is 16.4. The lowest BCUT2D eigenvalue weighted by molar-refractivity contribution is -0.0644. The number of hydrogen-bond donors (Lipinski definition) is 2. The zero-order chi connectivity index (χ0) is 23.7. The van der Waals surface area contributed by atoms with Gasteiger partial charge in [-0.3, -0.25) is 4.68 Å². The summed E-state index contributed by atoms with van der Waals surface area (Å²) in [5.41, 5.74) is 5.19. The number of aromatic nitrogens is 4. The molecular weight excluding hydrogens is 430 g/mol. The summed E-state index contributed by atoms with van der Waals surface area (Å²) in [7, 11) is 1.87. The van der Waals surface area contributed by atoms with Gasteiger partial charge in [0.25, 0.3) is 0 Å². The Balaban J connectivity index is 1.27. The summed E-state index contributed by atoms with van der Waals surface area (Å²) in [6.07, 6.45) is 8.69. The highest BCUT2D eigenvalue weighted by atomic mass is 16.5. The summed E-state index contributed by atoms with van der Waals surface area (Å²) in [5.74, 6) is 0.530. The molecule has 1 saturated heterocycles. The second-order valence-corrected chi connectivity index (χ2v) is 9.31. The minimum absolute atomic E-state index is 0.00699. The minimum atomic E-state index is -0.00699.